The van der Waals surface area contributed by atoms with Crippen LogP contribution in [0.2, 0.25) is 0 Å². The molecule has 12 atom stereocenters. The molecule has 1 unspecified atom stereocenters. The van der Waals surface area contributed by atoms with E-state index < -0.39 is 84.2 Å². The summed E-state index contributed by atoms with van der Waals surface area (Å²) < 4.78 is 23.4. The Balaban J connectivity index is 2.04. The molecule has 13 heteroatoms. The maximum absolute atomic E-state index is 14.1. The number of esters is 1. The third kappa shape index (κ3) is 14.2. The molecule has 0 spiro atoms. The van der Waals surface area contributed by atoms with Gasteiger partial charge in [0, 0.05) is 58.0 Å². The lowest BCUT2D eigenvalue weighted by Gasteiger charge is -2.39. The second kappa shape index (κ2) is 23.3. The normalized spacial score (nSPS) is 38.1. The molecule has 0 aromatic heterocycles. The van der Waals surface area contributed by atoms with E-state index >= 15 is 0 Å². The predicted molar refractivity (Wildman–Crippen MR) is 219 cm³/mol. The van der Waals surface area contributed by atoms with E-state index in [1.165, 1.54) is 19.1 Å². The minimum Gasteiger partial charge on any atom is -0.456 e. The van der Waals surface area contributed by atoms with E-state index in [0.717, 1.165) is 5.57 Å². The van der Waals surface area contributed by atoms with Crippen LogP contribution in [-0.2, 0) is 38.1 Å². The van der Waals surface area contributed by atoms with Gasteiger partial charge in [-0.3, -0.25) is 14.4 Å². The zero-order valence-electron chi connectivity index (χ0n) is 36.3. The Hall–Kier alpha value is -2.78. The SMILES string of the molecule is C=CC[C@@H]1/C=C(\C)C[C@@H](C)C[C@H](OC)C[C@@H](OC)C[C@@H](C)C(O)(O)CC(=O)C(=O)N2CCCC[C@H]2C(=O)OC([C@H]2CC[C@H](O)[C@@H](OC)C2)/C(C)=C/[C@H](C)[C@H](O)CC1=O. The van der Waals surface area contributed by atoms with Crippen LogP contribution in [0, 0.1) is 29.6 Å². The third-order valence-electron chi connectivity index (χ3n) is 12.7. The molecular weight excluding hydrogens is 746 g/mol. The van der Waals surface area contributed by atoms with Gasteiger partial charge in [0.05, 0.1) is 36.9 Å². The molecule has 1 saturated carbocycles. The molecule has 2 aliphatic heterocycles. The maximum Gasteiger partial charge on any atom is 0.329 e. The van der Waals surface area contributed by atoms with E-state index in [-0.39, 0.29) is 49.5 Å². The zero-order chi connectivity index (χ0) is 43.3. The molecule has 1 amide bonds. The fourth-order valence-corrected chi connectivity index (χ4v) is 9.09. The van der Waals surface area contributed by atoms with Crippen molar-refractivity contribution < 1.29 is 58.6 Å². The summed E-state index contributed by atoms with van der Waals surface area (Å²) in [5.74, 6) is -7.29. The van der Waals surface area contributed by atoms with Gasteiger partial charge in [-0.05, 0) is 96.0 Å². The highest BCUT2D eigenvalue weighted by Crippen LogP contribution is 2.35. The van der Waals surface area contributed by atoms with Gasteiger partial charge in [-0.2, -0.15) is 0 Å². The fraction of sp³-hybridized carbons (Fsp3) is 0.778. The number of cyclic esters (lactones) is 1. The summed E-state index contributed by atoms with van der Waals surface area (Å²) in [5, 5.41) is 44.3. The van der Waals surface area contributed by atoms with E-state index in [4.69, 9.17) is 18.9 Å². The van der Waals surface area contributed by atoms with Crippen molar-refractivity contribution in [1.82, 2.24) is 4.90 Å². The second-order valence-electron chi connectivity index (χ2n) is 17.5. The smallest absolute Gasteiger partial charge is 0.329 e. The molecule has 58 heavy (non-hydrogen) atoms. The standard InChI is InChI=1S/C45H73NO12/c1-10-13-32-19-27(2)18-28(3)20-34(55-7)24-35(56-8)22-31(6)45(53,54)26-40(50)43(51)46-17-12-11-14-36(46)44(52)58-42(33-15-16-37(47)41(23-33)57-9)30(5)21-29(4)38(48)25-39(32)49/h10,19,21,28-29,31-38,41-42,47-48,53-54H,1,11-18,20,22-26H2,2-9H3/b27-19+,30-21+/t28-,29+,31-,32-,33+,34+,35+,36+,37+,38-,41+,42?/m1/s1. The minimum atomic E-state index is -2.53. The number of ether oxygens (including phenoxy) is 4. The van der Waals surface area contributed by atoms with E-state index in [0.29, 0.717) is 63.4 Å². The van der Waals surface area contributed by atoms with Gasteiger partial charge in [0.25, 0.3) is 5.91 Å². The van der Waals surface area contributed by atoms with E-state index in [1.54, 1.807) is 34.0 Å². The van der Waals surface area contributed by atoms with Crippen molar-refractivity contribution in [1.29, 1.82) is 0 Å². The van der Waals surface area contributed by atoms with Gasteiger partial charge in [-0.15, -0.1) is 6.58 Å². The number of methoxy groups -OCH3 is 3. The molecule has 0 aromatic carbocycles. The molecule has 0 aromatic rings. The number of hydrogen-bond donors (Lipinski definition) is 4. The molecular formula is C45H73NO12. The summed E-state index contributed by atoms with van der Waals surface area (Å²) in [7, 11) is 4.67. The van der Waals surface area contributed by atoms with Crippen LogP contribution in [0.25, 0.3) is 0 Å². The van der Waals surface area contributed by atoms with Crippen LogP contribution in [0.15, 0.2) is 36.0 Å². The lowest BCUT2D eigenvalue weighted by atomic mass is 9.79. The Bertz CT molecular complexity index is 1440. The quantitative estimate of drug-likeness (QED) is 0.122. The molecule has 4 N–H and O–H groups in total. The number of rotatable bonds is 6. The van der Waals surface area contributed by atoms with Gasteiger partial charge in [0.2, 0.25) is 5.78 Å². The van der Waals surface area contributed by atoms with Crippen LogP contribution in [0.3, 0.4) is 0 Å². The molecule has 0 radical (unpaired) electrons. The number of carbonyl (C=O) groups excluding carboxylic acids is 4. The predicted octanol–water partition coefficient (Wildman–Crippen LogP) is 5.01. The average molecular weight is 820 g/mol. The van der Waals surface area contributed by atoms with Gasteiger partial charge < -0.3 is 44.3 Å². The minimum absolute atomic E-state index is 0.0900. The van der Waals surface area contributed by atoms with Crippen LogP contribution in [-0.4, -0.2) is 125 Å². The molecule has 3 rings (SSSR count). The Labute approximate surface area is 346 Å². The van der Waals surface area contributed by atoms with Crippen molar-refractivity contribution in [3.63, 3.8) is 0 Å². The number of Topliss-reactive ketones (excluding diaryl/α,β-unsaturated/α-hetero) is 2. The number of aliphatic hydroxyl groups excluding tert-OH is 2. The Morgan fingerprint density at radius 3 is 2.17 bits per heavy atom. The number of allylic oxidation sites excluding steroid dienone is 3. The van der Waals surface area contributed by atoms with Crippen LogP contribution >= 0.6 is 0 Å². The van der Waals surface area contributed by atoms with Gasteiger partial charge in [-0.25, -0.2) is 4.79 Å². The summed E-state index contributed by atoms with van der Waals surface area (Å²) in [5.41, 5.74) is 1.67. The van der Waals surface area contributed by atoms with Crippen molar-refractivity contribution in [3.8, 4) is 0 Å². The number of aliphatic hydroxyl groups is 4. The van der Waals surface area contributed by atoms with Crippen LogP contribution in [0.1, 0.15) is 118 Å². The largest absolute Gasteiger partial charge is 0.456 e. The molecule has 330 valence electrons. The zero-order valence-corrected chi connectivity index (χ0v) is 36.3. The number of piperidine rings is 1. The van der Waals surface area contributed by atoms with E-state index in [1.807, 2.05) is 19.1 Å². The lowest BCUT2D eigenvalue weighted by molar-refractivity contribution is -0.208. The molecule has 3 aliphatic rings. The molecule has 2 fully saturated rings. The molecule has 2 heterocycles. The first-order chi connectivity index (χ1) is 27.3. The topological polar surface area (TPSA) is 189 Å². The summed E-state index contributed by atoms with van der Waals surface area (Å²) >= 11 is 0. The monoisotopic (exact) mass is 820 g/mol. The third-order valence-corrected chi connectivity index (χ3v) is 12.7. The molecule has 1 saturated heterocycles. The highest BCUT2D eigenvalue weighted by Gasteiger charge is 2.43. The van der Waals surface area contributed by atoms with E-state index in [2.05, 4.69) is 13.5 Å². The summed E-state index contributed by atoms with van der Waals surface area (Å²) in [6.07, 6.45) is 5.97. The Kier molecular flexibility index (Phi) is 19.9. The molecule has 13 nitrogen and oxygen atoms in total. The number of fused-ring (bicyclic) bond motifs is 1. The van der Waals surface area contributed by atoms with Crippen LogP contribution < -0.4 is 0 Å². The van der Waals surface area contributed by atoms with Crippen molar-refractivity contribution in [3.05, 3.63) is 36.0 Å². The number of carbonyl (C=O) groups is 4. The highest BCUT2D eigenvalue weighted by atomic mass is 16.5. The van der Waals surface area contributed by atoms with Crippen molar-refractivity contribution >= 4 is 23.4 Å². The van der Waals surface area contributed by atoms with Crippen molar-refractivity contribution in [2.75, 3.05) is 27.9 Å². The van der Waals surface area contributed by atoms with Crippen molar-refractivity contribution in [2.45, 2.75) is 167 Å². The van der Waals surface area contributed by atoms with Crippen LogP contribution in [0.5, 0.6) is 0 Å². The molecule has 0 bridgehead atoms. The number of ketones is 2. The molecule has 1 aliphatic carbocycles. The second-order valence-corrected chi connectivity index (χ2v) is 17.5. The first-order valence-electron chi connectivity index (χ1n) is 21.3. The number of amides is 1. The van der Waals surface area contributed by atoms with Gasteiger partial charge in [-0.1, -0.05) is 44.6 Å². The Morgan fingerprint density at radius 2 is 1.53 bits per heavy atom. The summed E-state index contributed by atoms with van der Waals surface area (Å²) in [4.78, 5) is 56.3. The van der Waals surface area contributed by atoms with Crippen LogP contribution in [0.4, 0.5) is 0 Å². The first-order valence-corrected chi connectivity index (χ1v) is 21.3. The first kappa shape index (κ1) is 49.6. The van der Waals surface area contributed by atoms with E-state index in [9.17, 15) is 39.6 Å². The van der Waals surface area contributed by atoms with Crippen molar-refractivity contribution in [2.24, 2.45) is 29.6 Å². The van der Waals surface area contributed by atoms with Gasteiger partial charge in [0.1, 0.15) is 17.9 Å². The van der Waals surface area contributed by atoms with Gasteiger partial charge in [0.15, 0.2) is 5.79 Å². The summed E-state index contributed by atoms with van der Waals surface area (Å²) in [6, 6.07) is -1.08. The number of nitrogens with zero attached hydrogens (tertiary/aromatic N) is 1. The maximum atomic E-state index is 14.1. The average Bonchev–Trinajstić information content (AvgIpc) is 3.18. The Morgan fingerprint density at radius 1 is 0.862 bits per heavy atom. The van der Waals surface area contributed by atoms with Gasteiger partial charge >= 0.3 is 5.97 Å². The highest BCUT2D eigenvalue weighted by molar-refractivity contribution is 6.36. The lowest BCUT2D eigenvalue weighted by Crippen LogP contribution is -2.53. The summed E-state index contributed by atoms with van der Waals surface area (Å²) in [6.45, 7) is 13.3. The fourth-order valence-electron chi connectivity index (χ4n) is 9.09. The number of hydrogen-bond acceptors (Lipinski definition) is 12.